The first kappa shape index (κ1) is 21.7. The number of rotatable bonds is 5. The van der Waals surface area contributed by atoms with Crippen LogP contribution in [0.5, 0.6) is 5.75 Å². The number of ether oxygens (including phenoxy) is 2. The Morgan fingerprint density at radius 3 is 2.19 bits per heavy atom. The van der Waals surface area contributed by atoms with Crippen molar-refractivity contribution >= 4 is 11.7 Å². The molecule has 1 aliphatic rings. The topological polar surface area (TPSA) is 48.0 Å². The highest BCUT2D eigenvalue weighted by atomic mass is 16.7. The van der Waals surface area contributed by atoms with E-state index < -0.39 is 11.5 Å². The van der Waals surface area contributed by atoms with E-state index in [9.17, 15) is 4.79 Å². The van der Waals surface area contributed by atoms with Gasteiger partial charge in [0.1, 0.15) is 17.2 Å². The Morgan fingerprint density at radius 1 is 0.969 bits per heavy atom. The molecule has 0 amide bonds. The van der Waals surface area contributed by atoms with Gasteiger partial charge in [-0.3, -0.25) is 9.63 Å². The van der Waals surface area contributed by atoms with Gasteiger partial charge in [0.25, 0.3) is 0 Å². The van der Waals surface area contributed by atoms with Crippen molar-refractivity contribution in [1.29, 1.82) is 0 Å². The third-order valence-electron chi connectivity index (χ3n) is 5.92. The summed E-state index contributed by atoms with van der Waals surface area (Å²) in [6.07, 6.45) is 0.399. The summed E-state index contributed by atoms with van der Waals surface area (Å²) in [7, 11) is 3.06. The van der Waals surface area contributed by atoms with E-state index in [1.165, 1.54) is 7.11 Å². The molecular formula is C27H27NO4. The zero-order valence-corrected chi connectivity index (χ0v) is 18.4. The average Bonchev–Trinajstić information content (AvgIpc) is 3.01. The van der Waals surface area contributed by atoms with Crippen LogP contribution in [0, 0.1) is 0 Å². The Bertz CT molecular complexity index is 1070. The molecule has 3 aromatic carbocycles. The van der Waals surface area contributed by atoms with E-state index in [-0.39, 0.29) is 5.97 Å². The zero-order chi connectivity index (χ0) is 22.6. The minimum absolute atomic E-state index is 0.293. The molecule has 1 heterocycles. The standard InChI is InChI=1S/C27H27NO4/c1-20-18-27(26(29)31-3,22-12-8-5-9-13-22)25(21-10-6-4-7-11-21)28(32-19-20)23-14-16-24(30-2)17-15-23/h4-17,25H,1,18-19H2,2-3H3/t25-,27+/m0/s1. The lowest BCUT2D eigenvalue weighted by Crippen LogP contribution is -2.49. The molecule has 2 atom stereocenters. The number of carbonyl (C=O) groups is 1. The van der Waals surface area contributed by atoms with Crippen LogP contribution in [0.2, 0.25) is 0 Å². The predicted molar refractivity (Wildman–Crippen MR) is 125 cm³/mol. The van der Waals surface area contributed by atoms with Gasteiger partial charge in [-0.15, -0.1) is 0 Å². The largest absolute Gasteiger partial charge is 0.497 e. The molecule has 3 aromatic rings. The quantitative estimate of drug-likeness (QED) is 0.410. The lowest BCUT2D eigenvalue weighted by atomic mass is 9.68. The van der Waals surface area contributed by atoms with Crippen molar-refractivity contribution in [2.24, 2.45) is 0 Å². The maximum absolute atomic E-state index is 13.7. The molecule has 1 aliphatic heterocycles. The number of methoxy groups -OCH3 is 2. The van der Waals surface area contributed by atoms with Crippen molar-refractivity contribution in [3.63, 3.8) is 0 Å². The fraction of sp³-hybridized carbons (Fsp3) is 0.222. The molecule has 4 rings (SSSR count). The second-order valence-corrected chi connectivity index (χ2v) is 7.87. The molecule has 0 aliphatic carbocycles. The van der Waals surface area contributed by atoms with Gasteiger partial charge in [-0.2, -0.15) is 0 Å². The summed E-state index contributed by atoms with van der Waals surface area (Å²) in [6.45, 7) is 4.51. The second-order valence-electron chi connectivity index (χ2n) is 7.87. The molecule has 0 bridgehead atoms. The van der Waals surface area contributed by atoms with Crippen LogP contribution in [-0.4, -0.2) is 26.8 Å². The number of hydrogen-bond donors (Lipinski definition) is 0. The lowest BCUT2D eigenvalue weighted by molar-refractivity contribution is -0.149. The molecule has 164 valence electrons. The molecule has 0 N–H and O–H groups in total. The van der Waals surface area contributed by atoms with Crippen LogP contribution in [0.25, 0.3) is 0 Å². The minimum Gasteiger partial charge on any atom is -0.497 e. The van der Waals surface area contributed by atoms with Crippen molar-refractivity contribution in [3.8, 4) is 5.75 Å². The summed E-state index contributed by atoms with van der Waals surface area (Å²) in [5, 5.41) is 1.82. The van der Waals surface area contributed by atoms with Crippen molar-refractivity contribution < 1.29 is 19.1 Å². The first-order chi connectivity index (χ1) is 15.6. The van der Waals surface area contributed by atoms with Crippen molar-refractivity contribution in [3.05, 3.63) is 108 Å². The average molecular weight is 430 g/mol. The van der Waals surface area contributed by atoms with Gasteiger partial charge in [-0.1, -0.05) is 67.2 Å². The van der Waals surface area contributed by atoms with Gasteiger partial charge in [-0.05, 0) is 47.4 Å². The second kappa shape index (κ2) is 9.28. The van der Waals surface area contributed by atoms with Gasteiger partial charge in [0, 0.05) is 0 Å². The summed E-state index contributed by atoms with van der Waals surface area (Å²) >= 11 is 0. The highest BCUT2D eigenvalue weighted by Crippen LogP contribution is 2.50. The monoisotopic (exact) mass is 429 g/mol. The van der Waals surface area contributed by atoms with E-state index in [0.29, 0.717) is 13.0 Å². The van der Waals surface area contributed by atoms with Crippen LogP contribution in [0.3, 0.4) is 0 Å². The van der Waals surface area contributed by atoms with Gasteiger partial charge in [0.05, 0.1) is 26.5 Å². The Labute approximate surface area is 188 Å². The van der Waals surface area contributed by atoms with Gasteiger partial charge < -0.3 is 9.47 Å². The molecule has 1 saturated heterocycles. The summed E-state index contributed by atoms with van der Waals surface area (Å²) in [4.78, 5) is 20.0. The Morgan fingerprint density at radius 2 is 1.59 bits per heavy atom. The maximum Gasteiger partial charge on any atom is 0.319 e. The van der Waals surface area contributed by atoms with E-state index in [0.717, 1.165) is 28.1 Å². The third kappa shape index (κ3) is 3.87. The fourth-order valence-corrected chi connectivity index (χ4v) is 4.46. The van der Waals surface area contributed by atoms with Gasteiger partial charge in [0.15, 0.2) is 0 Å². The summed E-state index contributed by atoms with van der Waals surface area (Å²) in [5.74, 6) is 0.411. The van der Waals surface area contributed by atoms with E-state index in [4.69, 9.17) is 14.3 Å². The number of hydroxylamine groups is 1. The number of benzene rings is 3. The van der Waals surface area contributed by atoms with Gasteiger partial charge in [-0.25, -0.2) is 5.06 Å². The van der Waals surface area contributed by atoms with E-state index in [1.807, 2.05) is 90.0 Å². The SMILES string of the molecule is C=C1CON(c2ccc(OC)cc2)[C@@H](c2ccccc2)[C@](C(=O)OC)(c2ccccc2)C1. The summed E-state index contributed by atoms with van der Waals surface area (Å²) in [5.41, 5.74) is 2.35. The zero-order valence-electron chi connectivity index (χ0n) is 18.4. The van der Waals surface area contributed by atoms with Crippen molar-refractivity contribution in [1.82, 2.24) is 0 Å². The number of carbonyl (C=O) groups excluding carboxylic acids is 1. The molecule has 0 saturated carbocycles. The summed E-state index contributed by atoms with van der Waals surface area (Å²) < 4.78 is 10.8. The van der Waals surface area contributed by atoms with Crippen LogP contribution in [0.4, 0.5) is 5.69 Å². The highest BCUT2D eigenvalue weighted by Gasteiger charge is 2.54. The Balaban J connectivity index is 2.00. The van der Waals surface area contributed by atoms with Gasteiger partial charge >= 0.3 is 5.97 Å². The van der Waals surface area contributed by atoms with E-state index >= 15 is 0 Å². The van der Waals surface area contributed by atoms with E-state index in [1.54, 1.807) is 7.11 Å². The molecule has 0 radical (unpaired) electrons. The van der Waals surface area contributed by atoms with Crippen LogP contribution in [0.1, 0.15) is 23.6 Å². The van der Waals surface area contributed by atoms with E-state index in [2.05, 4.69) is 6.58 Å². The van der Waals surface area contributed by atoms with Crippen LogP contribution in [0.15, 0.2) is 97.1 Å². The first-order valence-corrected chi connectivity index (χ1v) is 10.5. The third-order valence-corrected chi connectivity index (χ3v) is 5.92. The molecule has 32 heavy (non-hydrogen) atoms. The molecular weight excluding hydrogens is 402 g/mol. The van der Waals surface area contributed by atoms with Gasteiger partial charge in [0.2, 0.25) is 0 Å². The molecule has 0 spiro atoms. The summed E-state index contributed by atoms with van der Waals surface area (Å²) in [6, 6.07) is 26.8. The lowest BCUT2D eigenvalue weighted by Gasteiger charge is -2.42. The smallest absolute Gasteiger partial charge is 0.319 e. The van der Waals surface area contributed by atoms with Crippen molar-refractivity contribution in [2.75, 3.05) is 25.9 Å². The molecule has 5 heteroatoms. The number of nitrogens with zero attached hydrogens (tertiary/aromatic N) is 1. The van der Waals surface area contributed by atoms with Crippen LogP contribution in [-0.2, 0) is 19.8 Å². The highest BCUT2D eigenvalue weighted by molar-refractivity contribution is 5.86. The normalized spacial score (nSPS) is 21.0. The molecule has 5 nitrogen and oxygen atoms in total. The minimum atomic E-state index is -1.06. The number of esters is 1. The van der Waals surface area contributed by atoms with Crippen LogP contribution >= 0.6 is 0 Å². The first-order valence-electron chi connectivity index (χ1n) is 10.5. The van der Waals surface area contributed by atoms with Crippen LogP contribution < -0.4 is 9.80 Å². The predicted octanol–water partition coefficient (Wildman–Crippen LogP) is 5.25. The Hall–Kier alpha value is -3.57. The fourth-order valence-electron chi connectivity index (χ4n) is 4.46. The molecule has 0 aromatic heterocycles. The maximum atomic E-state index is 13.7. The molecule has 1 fully saturated rings. The molecule has 0 unspecified atom stereocenters. The number of hydrogen-bond acceptors (Lipinski definition) is 5. The number of anilines is 1. The Kier molecular flexibility index (Phi) is 6.28. The van der Waals surface area contributed by atoms with Crippen molar-refractivity contribution in [2.45, 2.75) is 17.9 Å².